The number of carbonyl (C=O) groups is 4. The Kier molecular flexibility index (Phi) is 16.0. The topological polar surface area (TPSA) is 263 Å². The lowest BCUT2D eigenvalue weighted by Gasteiger charge is -2.31. The molecule has 0 bridgehead atoms. The number of halogens is 1. The highest BCUT2D eigenvalue weighted by atomic mass is 32.2. The molecule has 0 unspecified atom stereocenters. The number of esters is 1. The van der Waals surface area contributed by atoms with Crippen LogP contribution in [0.4, 0.5) is 10.1 Å². The Morgan fingerprint density at radius 2 is 1.68 bits per heavy atom. The second kappa shape index (κ2) is 22.3. The van der Waals surface area contributed by atoms with Gasteiger partial charge in [-0.1, -0.05) is 44.5 Å². The van der Waals surface area contributed by atoms with Gasteiger partial charge in [-0.05, 0) is 113 Å². The average molecular weight is 1050 g/mol. The zero-order valence-electron chi connectivity index (χ0n) is 43.1. The number of aryl methyl sites for hydroxylation is 2. The minimum atomic E-state index is -3.54. The van der Waals surface area contributed by atoms with Gasteiger partial charge in [-0.25, -0.2) is 32.6 Å². The van der Waals surface area contributed by atoms with E-state index in [4.69, 9.17) is 9.72 Å². The van der Waals surface area contributed by atoms with Crippen molar-refractivity contribution in [3.8, 4) is 33.8 Å². The van der Waals surface area contributed by atoms with Crippen LogP contribution in [0.15, 0.2) is 71.0 Å². The summed E-state index contributed by atoms with van der Waals surface area (Å²) in [6, 6.07) is 9.89. The highest BCUT2D eigenvalue weighted by molar-refractivity contribution is 7.90. The lowest BCUT2D eigenvalue weighted by molar-refractivity contribution is -0.172. The van der Waals surface area contributed by atoms with Gasteiger partial charge in [-0.3, -0.25) is 23.9 Å². The number of amides is 3. The number of aliphatic hydroxyl groups is 1. The van der Waals surface area contributed by atoms with Crippen LogP contribution in [0.25, 0.3) is 44.7 Å². The van der Waals surface area contributed by atoms with Crippen molar-refractivity contribution in [3.05, 3.63) is 99.5 Å². The number of cyclic esters (lactones) is 1. The lowest BCUT2D eigenvalue weighted by Crippen LogP contribution is -2.54. The molecule has 0 spiro atoms. The molecule has 4 N–H and O–H groups in total. The third kappa shape index (κ3) is 11.7. The molecule has 3 atom stereocenters. The molecule has 0 radical (unpaired) electrons. The standard InChI is InChI=1S/C53H62FN11O9S/c1-8-53(71)38-23-43-47-36(27-65(43)50(69)37(38)29-74-51(53)70)45(35-22-31(4)39(54)24-41(35)58-47)32-16-18-34(19-17-32)57-48(67)40(14-11-13-20-63(5)6)59-49(68)46(30(2)3)60-44(66)15-10-9-12-21-64-28-42(61-62-64)33-25-55-52(56-26-33)75(7,72)73/h16-19,22-26,28,30,40,46,71H,8-15,20-21,27,29H2,1-7H3,(H,57,67)(H,59,68)(H,60,66)/t40-,46+,53+/m1/s1. The van der Waals surface area contributed by atoms with Gasteiger partial charge in [0, 0.05) is 65.4 Å². The minimum absolute atomic E-state index is 0.0210. The summed E-state index contributed by atoms with van der Waals surface area (Å²) in [6.07, 6.45) is 9.32. The number of anilines is 1. The van der Waals surface area contributed by atoms with E-state index < -0.39 is 56.7 Å². The second-order valence-electron chi connectivity index (χ2n) is 20.0. The van der Waals surface area contributed by atoms with E-state index in [1.54, 1.807) is 49.0 Å². The average Bonchev–Trinajstić information content (AvgIpc) is 4.03. The summed E-state index contributed by atoms with van der Waals surface area (Å²) >= 11 is 0. The number of sulfone groups is 1. The Bertz CT molecular complexity index is 3340. The van der Waals surface area contributed by atoms with Crippen molar-refractivity contribution in [2.24, 2.45) is 5.92 Å². The fraction of sp³-hybridized carbons (Fsp3) is 0.434. The summed E-state index contributed by atoms with van der Waals surface area (Å²) in [7, 11) is 0.382. The van der Waals surface area contributed by atoms with E-state index in [0.717, 1.165) is 19.2 Å². The van der Waals surface area contributed by atoms with Crippen molar-refractivity contribution in [2.45, 2.75) is 122 Å². The SMILES string of the molecule is CC[C@@]1(O)C(=O)OCc2c1cc1n(c2=O)Cc2c-1nc1cc(F)c(C)cc1c2-c1ccc(NC(=O)[C@@H](CCCCN(C)C)NC(=O)[C@@H](NC(=O)CCCCCn2cc(-c3cnc(S(C)(=O)=O)nc3)nn2)C(C)C)cc1. The van der Waals surface area contributed by atoms with Crippen LogP contribution in [0.5, 0.6) is 0 Å². The number of hydrogen-bond donors (Lipinski definition) is 4. The predicted molar refractivity (Wildman–Crippen MR) is 277 cm³/mol. The van der Waals surface area contributed by atoms with Crippen LogP contribution in [0, 0.1) is 18.7 Å². The number of benzene rings is 2. The van der Waals surface area contributed by atoms with Crippen molar-refractivity contribution in [1.82, 2.24) is 50.0 Å². The van der Waals surface area contributed by atoms with E-state index in [9.17, 15) is 37.5 Å². The van der Waals surface area contributed by atoms with E-state index >= 15 is 4.39 Å². The summed E-state index contributed by atoms with van der Waals surface area (Å²) in [4.78, 5) is 82.9. The van der Waals surface area contributed by atoms with Crippen LogP contribution >= 0.6 is 0 Å². The van der Waals surface area contributed by atoms with Crippen molar-refractivity contribution >= 4 is 50.1 Å². The summed E-state index contributed by atoms with van der Waals surface area (Å²) in [6.45, 7) is 8.06. The van der Waals surface area contributed by atoms with Gasteiger partial charge in [0.25, 0.3) is 5.56 Å². The fourth-order valence-electron chi connectivity index (χ4n) is 9.49. The van der Waals surface area contributed by atoms with Gasteiger partial charge in [0.05, 0.1) is 35.2 Å². The van der Waals surface area contributed by atoms with Gasteiger partial charge < -0.3 is 35.3 Å². The number of fused-ring (bicyclic) bond motifs is 5. The van der Waals surface area contributed by atoms with Gasteiger partial charge in [-0.15, -0.1) is 5.10 Å². The molecule has 396 valence electrons. The number of rotatable bonds is 21. The van der Waals surface area contributed by atoms with E-state index in [0.29, 0.717) is 100 Å². The van der Waals surface area contributed by atoms with Gasteiger partial charge in [-0.2, -0.15) is 0 Å². The van der Waals surface area contributed by atoms with E-state index in [1.807, 2.05) is 45.0 Å². The molecule has 0 saturated heterocycles. The first-order valence-corrected chi connectivity index (χ1v) is 26.9. The number of hydrogen-bond acceptors (Lipinski definition) is 15. The Morgan fingerprint density at radius 3 is 2.36 bits per heavy atom. The summed E-state index contributed by atoms with van der Waals surface area (Å²) in [5.41, 5.74) is 2.93. The van der Waals surface area contributed by atoms with Crippen LogP contribution in [-0.4, -0.2) is 116 Å². The normalized spacial score (nSPS) is 15.8. The maximum Gasteiger partial charge on any atom is 0.343 e. The van der Waals surface area contributed by atoms with Gasteiger partial charge >= 0.3 is 5.97 Å². The highest BCUT2D eigenvalue weighted by Gasteiger charge is 2.45. The van der Waals surface area contributed by atoms with Gasteiger partial charge in [0.2, 0.25) is 32.7 Å². The Balaban J connectivity index is 0.935. The zero-order chi connectivity index (χ0) is 53.9. The Labute approximate surface area is 433 Å². The maximum atomic E-state index is 15.2. The molecule has 6 aromatic rings. The summed E-state index contributed by atoms with van der Waals surface area (Å²) in [5.74, 6) is -2.82. The second-order valence-corrected chi connectivity index (χ2v) is 21.9. The smallest absolute Gasteiger partial charge is 0.343 e. The molecule has 2 aliphatic heterocycles. The molecule has 4 aromatic heterocycles. The van der Waals surface area contributed by atoms with Crippen LogP contribution in [-0.2, 0) is 59.0 Å². The first-order chi connectivity index (χ1) is 35.7. The van der Waals surface area contributed by atoms with Crippen molar-refractivity contribution in [1.29, 1.82) is 0 Å². The van der Waals surface area contributed by atoms with E-state index in [-0.39, 0.29) is 54.1 Å². The molecule has 8 rings (SSSR count). The number of nitrogens with zero attached hydrogens (tertiary/aromatic N) is 8. The molecule has 0 fully saturated rings. The minimum Gasteiger partial charge on any atom is -0.458 e. The van der Waals surface area contributed by atoms with Crippen LogP contribution in [0.2, 0.25) is 0 Å². The monoisotopic (exact) mass is 1050 g/mol. The molecule has 6 heterocycles. The number of unbranched alkanes of at least 4 members (excludes halogenated alkanes) is 3. The third-order valence-corrected chi connectivity index (χ3v) is 14.6. The van der Waals surface area contributed by atoms with Crippen molar-refractivity contribution in [3.63, 3.8) is 0 Å². The largest absolute Gasteiger partial charge is 0.458 e. The number of carbonyl (C=O) groups excluding carboxylic acids is 4. The maximum absolute atomic E-state index is 15.2. The lowest BCUT2D eigenvalue weighted by atomic mass is 9.86. The van der Waals surface area contributed by atoms with Crippen LogP contribution in [0.1, 0.15) is 94.4 Å². The molecule has 20 nitrogen and oxygen atoms in total. The Morgan fingerprint density at radius 1 is 0.947 bits per heavy atom. The molecule has 75 heavy (non-hydrogen) atoms. The Hall–Kier alpha value is -7.30. The van der Waals surface area contributed by atoms with Crippen LogP contribution in [0.3, 0.4) is 0 Å². The molecular weight excluding hydrogens is 986 g/mol. The predicted octanol–water partition coefficient (Wildman–Crippen LogP) is 5.20. The number of aromatic nitrogens is 7. The number of ether oxygens (including phenoxy) is 1. The molecule has 0 saturated carbocycles. The number of pyridine rings is 2. The van der Waals surface area contributed by atoms with Crippen molar-refractivity contribution < 1.29 is 41.8 Å². The quantitative estimate of drug-likeness (QED) is 0.0410. The van der Waals surface area contributed by atoms with Gasteiger partial charge in [0.1, 0.15) is 30.2 Å². The molecular formula is C53H62FN11O9S. The van der Waals surface area contributed by atoms with E-state index in [2.05, 4.69) is 36.2 Å². The molecule has 2 aromatic carbocycles. The fourth-order valence-corrected chi connectivity index (χ4v) is 9.98. The number of nitrogens with one attached hydrogen (secondary N) is 3. The third-order valence-electron chi connectivity index (χ3n) is 13.7. The first kappa shape index (κ1) is 54.0. The van der Waals surface area contributed by atoms with Crippen LogP contribution < -0.4 is 21.5 Å². The summed E-state index contributed by atoms with van der Waals surface area (Å²) < 4.78 is 47.0. The molecule has 2 aliphatic rings. The molecule has 22 heteroatoms. The van der Waals surface area contributed by atoms with Gasteiger partial charge in [0.15, 0.2) is 5.60 Å². The highest BCUT2D eigenvalue weighted by Crippen LogP contribution is 2.44. The zero-order valence-corrected chi connectivity index (χ0v) is 43.9. The van der Waals surface area contributed by atoms with E-state index in [1.165, 1.54) is 23.0 Å². The van der Waals surface area contributed by atoms with Crippen molar-refractivity contribution in [2.75, 3.05) is 32.2 Å². The first-order valence-electron chi connectivity index (χ1n) is 25.0. The molecule has 3 amide bonds. The molecule has 0 aliphatic carbocycles. The summed E-state index contributed by atoms with van der Waals surface area (Å²) in [5, 5.41) is 28.8.